The largest absolute Gasteiger partial charge is 0.249 e. The van der Waals surface area contributed by atoms with Crippen LogP contribution in [0.1, 0.15) is 118 Å². The molecule has 0 aromatic carbocycles. The molecule has 0 bridgehead atoms. The number of azo groups is 1. The Bertz CT molecular complexity index is 356. The summed E-state index contributed by atoms with van der Waals surface area (Å²) >= 11 is 0. The van der Waals surface area contributed by atoms with Crippen LogP contribution in [0.3, 0.4) is 0 Å². The maximum absolute atomic E-state index is 4.18. The van der Waals surface area contributed by atoms with Gasteiger partial charge in [-0.15, -0.1) is 5.10 Å². The smallest absolute Gasteiger partial charge is 0.0725 e. The predicted molar refractivity (Wildman–Crippen MR) is 125 cm³/mol. The van der Waals surface area contributed by atoms with Crippen LogP contribution in [0, 0.1) is 0 Å². The molecule has 0 aliphatic rings. The van der Waals surface area contributed by atoms with Gasteiger partial charge in [0.25, 0.3) is 0 Å². The fourth-order valence-electron chi connectivity index (χ4n) is 2.44. The van der Waals surface area contributed by atoms with Gasteiger partial charge in [0.15, 0.2) is 0 Å². The van der Waals surface area contributed by atoms with Crippen molar-refractivity contribution < 1.29 is 0 Å². The average molecular weight is 398 g/mol. The normalized spacial score (nSPS) is 9.71. The van der Waals surface area contributed by atoms with Crippen molar-refractivity contribution in [2.45, 2.75) is 125 Å². The van der Waals surface area contributed by atoms with E-state index in [1.807, 2.05) is 20.0 Å². The molecule has 5 nitrogen and oxygen atoms in total. The van der Waals surface area contributed by atoms with Crippen LogP contribution >= 0.6 is 0 Å². The molecule has 0 radical (unpaired) electrons. The molecule has 5 heteroatoms. The van der Waals surface area contributed by atoms with E-state index in [0.29, 0.717) is 0 Å². The van der Waals surface area contributed by atoms with Crippen molar-refractivity contribution in [2.24, 2.45) is 10.2 Å². The van der Waals surface area contributed by atoms with Gasteiger partial charge in [0, 0.05) is 20.6 Å². The van der Waals surface area contributed by atoms with Crippen LogP contribution in [-0.4, -0.2) is 29.1 Å². The molecule has 0 saturated heterocycles. The van der Waals surface area contributed by atoms with E-state index in [1.165, 1.54) is 76.3 Å². The molecule has 168 valence electrons. The molecular weight excluding hydrogens is 346 g/mol. The maximum Gasteiger partial charge on any atom is 0.0725 e. The standard InChI is InChI=1S/C14H27N3.C5H12.C2H6N2.C2H6/c1-3-5-7-9-11-14-13-15-16-17(14)12-10-8-6-4-2;1-3-5-4-2;1-3-4-2;1-2/h13H,3-12H2,1-2H3;3-5H2,1-2H3;1-2H3;1-2H3. The van der Waals surface area contributed by atoms with E-state index in [0.717, 1.165) is 13.0 Å². The van der Waals surface area contributed by atoms with Crippen LogP contribution in [0.5, 0.6) is 0 Å². The van der Waals surface area contributed by atoms with Gasteiger partial charge in [-0.2, -0.15) is 10.2 Å². The summed E-state index contributed by atoms with van der Waals surface area (Å²) in [7, 11) is 3.28. The van der Waals surface area contributed by atoms with Crippen molar-refractivity contribution in [1.82, 2.24) is 15.0 Å². The Kier molecular flexibility index (Phi) is 34.2. The summed E-state index contributed by atoms with van der Waals surface area (Å²) in [5.74, 6) is 0. The van der Waals surface area contributed by atoms with Crippen LogP contribution < -0.4 is 0 Å². The Morgan fingerprint density at radius 2 is 1.21 bits per heavy atom. The third-order valence-electron chi connectivity index (χ3n) is 4.11. The predicted octanol–water partition coefficient (Wildman–Crippen LogP) is 7.90. The van der Waals surface area contributed by atoms with Crippen LogP contribution in [0.2, 0.25) is 0 Å². The Labute approximate surface area is 176 Å². The van der Waals surface area contributed by atoms with Crippen LogP contribution in [0.25, 0.3) is 0 Å². The number of hydrogen-bond acceptors (Lipinski definition) is 4. The number of unbranched alkanes of at least 4 members (excludes halogenated alkanes) is 8. The van der Waals surface area contributed by atoms with E-state index in [9.17, 15) is 0 Å². The summed E-state index contributed by atoms with van der Waals surface area (Å²) in [6.07, 6.45) is 17.6. The summed E-state index contributed by atoms with van der Waals surface area (Å²) in [6.45, 7) is 14.0. The zero-order valence-corrected chi connectivity index (χ0v) is 20.5. The topological polar surface area (TPSA) is 55.4 Å². The average Bonchev–Trinajstić information content (AvgIpc) is 3.18. The molecule has 0 fully saturated rings. The van der Waals surface area contributed by atoms with Crippen molar-refractivity contribution in [2.75, 3.05) is 14.1 Å². The van der Waals surface area contributed by atoms with E-state index >= 15 is 0 Å². The lowest BCUT2D eigenvalue weighted by molar-refractivity contribution is 0.506. The molecule has 0 spiro atoms. The molecule has 0 atom stereocenters. The Morgan fingerprint density at radius 3 is 1.64 bits per heavy atom. The van der Waals surface area contributed by atoms with E-state index in [4.69, 9.17) is 0 Å². The molecule has 28 heavy (non-hydrogen) atoms. The SMILES string of the molecule is CC.CCCCC.CCCCCCc1cnnn1CCCCCC.CN=NC. The fraction of sp³-hybridized carbons (Fsp3) is 0.913. The first-order valence-corrected chi connectivity index (χ1v) is 11.8. The molecule has 1 aromatic heterocycles. The van der Waals surface area contributed by atoms with Crippen LogP contribution in [0.15, 0.2) is 16.4 Å². The van der Waals surface area contributed by atoms with Crippen LogP contribution in [0.4, 0.5) is 0 Å². The maximum atomic E-state index is 4.18. The van der Waals surface area contributed by atoms with Gasteiger partial charge in [0.05, 0.1) is 11.9 Å². The number of nitrogens with zero attached hydrogens (tertiary/aromatic N) is 5. The number of aromatic nitrogens is 3. The molecule has 0 unspecified atom stereocenters. The molecule has 1 rings (SSSR count). The highest BCUT2D eigenvalue weighted by atomic mass is 15.4. The first-order valence-electron chi connectivity index (χ1n) is 11.8. The van der Waals surface area contributed by atoms with Crippen LogP contribution in [-0.2, 0) is 13.0 Å². The fourth-order valence-corrected chi connectivity index (χ4v) is 2.44. The molecule has 0 N–H and O–H groups in total. The molecule has 0 aliphatic carbocycles. The molecule has 1 aromatic rings. The first-order chi connectivity index (χ1) is 13.7. The Hall–Kier alpha value is -1.26. The Balaban J connectivity index is -0.000000471. The molecule has 0 aliphatic heterocycles. The summed E-state index contributed by atoms with van der Waals surface area (Å²) in [5, 5.41) is 14.9. The number of hydrogen-bond donors (Lipinski definition) is 0. The van der Waals surface area contributed by atoms with Gasteiger partial charge in [-0.3, -0.25) is 0 Å². The third kappa shape index (κ3) is 24.7. The van der Waals surface area contributed by atoms with E-state index in [-0.39, 0.29) is 0 Å². The van der Waals surface area contributed by atoms with E-state index in [1.54, 1.807) is 14.1 Å². The lowest BCUT2D eigenvalue weighted by atomic mass is 10.1. The third-order valence-corrected chi connectivity index (χ3v) is 4.11. The van der Waals surface area contributed by atoms with Crippen molar-refractivity contribution >= 4 is 0 Å². The number of rotatable bonds is 12. The molecule has 1 heterocycles. The van der Waals surface area contributed by atoms with Gasteiger partial charge < -0.3 is 0 Å². The highest BCUT2D eigenvalue weighted by Gasteiger charge is 2.03. The van der Waals surface area contributed by atoms with Gasteiger partial charge in [-0.05, 0) is 19.3 Å². The lowest BCUT2D eigenvalue weighted by Crippen LogP contribution is -2.05. The summed E-state index contributed by atoms with van der Waals surface area (Å²) in [5.41, 5.74) is 1.32. The van der Waals surface area contributed by atoms with Gasteiger partial charge in [-0.25, -0.2) is 4.68 Å². The minimum absolute atomic E-state index is 1.04. The summed E-state index contributed by atoms with van der Waals surface area (Å²) in [6, 6.07) is 0. The van der Waals surface area contributed by atoms with Gasteiger partial charge in [0.1, 0.15) is 0 Å². The summed E-state index contributed by atoms with van der Waals surface area (Å²) < 4.78 is 2.10. The minimum Gasteiger partial charge on any atom is -0.249 e. The lowest BCUT2D eigenvalue weighted by Gasteiger charge is -2.05. The van der Waals surface area contributed by atoms with Crippen molar-refractivity contribution in [1.29, 1.82) is 0 Å². The first kappa shape index (κ1) is 31.4. The summed E-state index contributed by atoms with van der Waals surface area (Å²) in [4.78, 5) is 0. The quantitative estimate of drug-likeness (QED) is 0.266. The highest BCUT2D eigenvalue weighted by molar-refractivity contribution is 4.93. The van der Waals surface area contributed by atoms with Gasteiger partial charge >= 0.3 is 0 Å². The highest BCUT2D eigenvalue weighted by Crippen LogP contribution is 2.08. The zero-order valence-electron chi connectivity index (χ0n) is 20.5. The minimum atomic E-state index is 1.04. The zero-order chi connectivity index (χ0) is 21.9. The van der Waals surface area contributed by atoms with Crippen molar-refractivity contribution in [3.63, 3.8) is 0 Å². The molecular formula is C23H51N5. The van der Waals surface area contributed by atoms with Gasteiger partial charge in [-0.1, -0.05) is 105 Å². The van der Waals surface area contributed by atoms with Crippen molar-refractivity contribution in [3.8, 4) is 0 Å². The van der Waals surface area contributed by atoms with E-state index in [2.05, 4.69) is 52.9 Å². The second kappa shape index (κ2) is 30.5. The molecule has 0 amide bonds. The second-order valence-electron chi connectivity index (χ2n) is 6.57. The van der Waals surface area contributed by atoms with Crippen molar-refractivity contribution in [3.05, 3.63) is 11.9 Å². The molecule has 0 saturated carbocycles. The number of aryl methyl sites for hydroxylation is 2. The Morgan fingerprint density at radius 1 is 0.714 bits per heavy atom. The van der Waals surface area contributed by atoms with E-state index < -0.39 is 0 Å². The van der Waals surface area contributed by atoms with Gasteiger partial charge in [0.2, 0.25) is 0 Å². The monoisotopic (exact) mass is 397 g/mol. The second-order valence-corrected chi connectivity index (χ2v) is 6.57.